The van der Waals surface area contributed by atoms with E-state index in [1.54, 1.807) is 0 Å². The molecule has 0 aromatic heterocycles. The normalized spacial score (nSPS) is 16.3. The number of hydrogen-bond acceptors (Lipinski definition) is 2. The second kappa shape index (κ2) is 4.82. The number of nitrogens with one attached hydrogen (secondary N) is 1. The smallest absolute Gasteiger partial charge is 0.124 e. The molecule has 0 bridgehead atoms. The molecule has 0 spiro atoms. The van der Waals surface area contributed by atoms with Crippen LogP contribution < -0.4 is 10.1 Å². The molecule has 2 rings (SSSR count). The molecule has 2 nitrogen and oxygen atoms in total. The topological polar surface area (TPSA) is 21.3 Å². The summed E-state index contributed by atoms with van der Waals surface area (Å²) in [6, 6.07) is 3.72. The van der Waals surface area contributed by atoms with Gasteiger partial charge in [-0.3, -0.25) is 0 Å². The van der Waals surface area contributed by atoms with Gasteiger partial charge in [0.2, 0.25) is 0 Å². The lowest BCUT2D eigenvalue weighted by Crippen LogP contribution is -2.50. The van der Waals surface area contributed by atoms with Crippen LogP contribution in [0.1, 0.15) is 25.3 Å². The first kappa shape index (κ1) is 12.0. The van der Waals surface area contributed by atoms with Crippen molar-refractivity contribution in [2.75, 3.05) is 13.1 Å². The van der Waals surface area contributed by atoms with Crippen molar-refractivity contribution in [2.24, 2.45) is 0 Å². The first-order valence-electron chi connectivity index (χ1n) is 5.44. The third kappa shape index (κ3) is 2.45. The summed E-state index contributed by atoms with van der Waals surface area (Å²) in [4.78, 5) is 0. The Morgan fingerprint density at radius 1 is 1.25 bits per heavy atom. The van der Waals surface area contributed by atoms with Crippen molar-refractivity contribution in [3.05, 3.63) is 27.7 Å². The first-order valence-corrected chi connectivity index (χ1v) is 6.20. The van der Waals surface area contributed by atoms with Crippen LogP contribution in [0.3, 0.4) is 0 Å². The van der Waals surface area contributed by atoms with E-state index in [9.17, 15) is 0 Å². The fourth-order valence-electron chi connectivity index (χ4n) is 1.62. The Bertz CT molecular complexity index is 389. The zero-order valence-corrected chi connectivity index (χ0v) is 10.9. The lowest BCUT2D eigenvalue weighted by molar-refractivity contribution is 0.140. The minimum atomic E-state index is 0.259. The standard InChI is InChI=1S/C12H15Cl2NO/c1-7(2)9-3-10(13)11(14)4-12(9)16-8-5-15-6-8/h3-4,7-8,15H,5-6H2,1-2H3. The van der Waals surface area contributed by atoms with Crippen LogP contribution in [0.2, 0.25) is 10.0 Å². The van der Waals surface area contributed by atoms with Crippen molar-refractivity contribution < 1.29 is 4.74 Å². The minimum absolute atomic E-state index is 0.259. The molecule has 88 valence electrons. The molecule has 1 N–H and O–H groups in total. The van der Waals surface area contributed by atoms with Gasteiger partial charge < -0.3 is 10.1 Å². The summed E-state index contributed by atoms with van der Waals surface area (Å²) in [5.74, 6) is 1.23. The minimum Gasteiger partial charge on any atom is -0.487 e. The molecule has 16 heavy (non-hydrogen) atoms. The number of benzene rings is 1. The summed E-state index contributed by atoms with van der Waals surface area (Å²) in [5, 5.41) is 4.31. The lowest BCUT2D eigenvalue weighted by atomic mass is 10.0. The van der Waals surface area contributed by atoms with Gasteiger partial charge in [-0.15, -0.1) is 0 Å². The molecule has 1 saturated heterocycles. The number of halogens is 2. The number of ether oxygens (including phenoxy) is 1. The molecule has 0 aliphatic carbocycles. The largest absolute Gasteiger partial charge is 0.487 e. The molecule has 1 heterocycles. The van der Waals surface area contributed by atoms with Crippen LogP contribution in [0.25, 0.3) is 0 Å². The van der Waals surface area contributed by atoms with Crippen molar-refractivity contribution in [1.29, 1.82) is 0 Å². The molecule has 1 aliphatic rings. The summed E-state index contributed by atoms with van der Waals surface area (Å²) >= 11 is 12.0. The van der Waals surface area contributed by atoms with E-state index in [0.717, 1.165) is 24.4 Å². The highest BCUT2D eigenvalue weighted by Gasteiger charge is 2.21. The van der Waals surface area contributed by atoms with E-state index in [4.69, 9.17) is 27.9 Å². The Morgan fingerprint density at radius 3 is 2.38 bits per heavy atom. The molecule has 0 amide bonds. The van der Waals surface area contributed by atoms with Gasteiger partial charge in [-0.25, -0.2) is 0 Å². The van der Waals surface area contributed by atoms with Crippen LogP contribution in [-0.4, -0.2) is 19.2 Å². The van der Waals surface area contributed by atoms with Crippen LogP contribution in [0, 0.1) is 0 Å². The summed E-state index contributed by atoms with van der Waals surface area (Å²) in [6.07, 6.45) is 0.259. The Hall–Kier alpha value is -0.440. The van der Waals surface area contributed by atoms with Gasteiger partial charge in [-0.1, -0.05) is 37.0 Å². The predicted molar refractivity (Wildman–Crippen MR) is 67.8 cm³/mol. The average Bonchev–Trinajstić information content (AvgIpc) is 2.16. The maximum absolute atomic E-state index is 6.01. The monoisotopic (exact) mass is 259 g/mol. The Balaban J connectivity index is 2.28. The molecule has 4 heteroatoms. The van der Waals surface area contributed by atoms with Gasteiger partial charge in [0.05, 0.1) is 10.0 Å². The van der Waals surface area contributed by atoms with Gasteiger partial charge in [0.25, 0.3) is 0 Å². The molecule has 0 saturated carbocycles. The molecule has 1 fully saturated rings. The van der Waals surface area contributed by atoms with Gasteiger partial charge in [-0.05, 0) is 17.5 Å². The fraction of sp³-hybridized carbons (Fsp3) is 0.500. The van der Waals surface area contributed by atoms with Gasteiger partial charge >= 0.3 is 0 Å². The molecule has 1 aromatic carbocycles. The molecule has 0 unspecified atom stereocenters. The third-order valence-corrected chi connectivity index (χ3v) is 3.43. The average molecular weight is 260 g/mol. The SMILES string of the molecule is CC(C)c1cc(Cl)c(Cl)cc1OC1CNC1. The highest BCUT2D eigenvalue weighted by atomic mass is 35.5. The van der Waals surface area contributed by atoms with E-state index >= 15 is 0 Å². The molecule has 1 aliphatic heterocycles. The summed E-state index contributed by atoms with van der Waals surface area (Å²) in [5.41, 5.74) is 1.11. The number of rotatable bonds is 3. The quantitative estimate of drug-likeness (QED) is 0.898. The van der Waals surface area contributed by atoms with E-state index in [-0.39, 0.29) is 6.10 Å². The third-order valence-electron chi connectivity index (χ3n) is 2.71. The van der Waals surface area contributed by atoms with Crippen LogP contribution in [-0.2, 0) is 0 Å². The first-order chi connectivity index (χ1) is 7.58. The maximum atomic E-state index is 6.01. The van der Waals surface area contributed by atoms with E-state index < -0.39 is 0 Å². The van der Waals surface area contributed by atoms with E-state index in [2.05, 4.69) is 19.2 Å². The summed E-state index contributed by atoms with van der Waals surface area (Å²) < 4.78 is 5.87. The highest BCUT2D eigenvalue weighted by Crippen LogP contribution is 2.35. The highest BCUT2D eigenvalue weighted by molar-refractivity contribution is 6.42. The lowest BCUT2D eigenvalue weighted by Gasteiger charge is -2.29. The van der Waals surface area contributed by atoms with Crippen LogP contribution in [0.15, 0.2) is 12.1 Å². The van der Waals surface area contributed by atoms with Crippen molar-refractivity contribution in [1.82, 2.24) is 5.32 Å². The van der Waals surface area contributed by atoms with Gasteiger partial charge in [-0.2, -0.15) is 0 Å². The van der Waals surface area contributed by atoms with Gasteiger partial charge in [0.1, 0.15) is 11.9 Å². The Labute approximate surface area is 106 Å². The van der Waals surface area contributed by atoms with Crippen molar-refractivity contribution in [3.8, 4) is 5.75 Å². The zero-order valence-electron chi connectivity index (χ0n) is 9.39. The van der Waals surface area contributed by atoms with Crippen LogP contribution in [0.4, 0.5) is 0 Å². The Morgan fingerprint density at radius 2 is 1.88 bits per heavy atom. The summed E-state index contributed by atoms with van der Waals surface area (Å²) in [7, 11) is 0. The van der Waals surface area contributed by atoms with Crippen molar-refractivity contribution >= 4 is 23.2 Å². The fourth-order valence-corrected chi connectivity index (χ4v) is 1.95. The van der Waals surface area contributed by atoms with E-state index in [1.807, 2.05) is 12.1 Å². The number of hydrogen-bond donors (Lipinski definition) is 1. The molecular weight excluding hydrogens is 245 g/mol. The predicted octanol–water partition coefficient (Wildman–Crippen LogP) is 3.47. The van der Waals surface area contributed by atoms with Gasteiger partial charge in [0.15, 0.2) is 0 Å². The molecule has 0 radical (unpaired) electrons. The molecule has 0 atom stereocenters. The second-order valence-corrected chi connectivity index (χ2v) is 5.17. The van der Waals surface area contributed by atoms with E-state index in [1.165, 1.54) is 0 Å². The second-order valence-electron chi connectivity index (χ2n) is 4.36. The van der Waals surface area contributed by atoms with Crippen molar-refractivity contribution in [2.45, 2.75) is 25.9 Å². The van der Waals surface area contributed by atoms with E-state index in [0.29, 0.717) is 16.0 Å². The van der Waals surface area contributed by atoms with Gasteiger partial charge in [0, 0.05) is 19.2 Å². The maximum Gasteiger partial charge on any atom is 0.124 e. The molecular formula is C12H15Cl2NO. The zero-order chi connectivity index (χ0) is 11.7. The summed E-state index contributed by atoms with van der Waals surface area (Å²) in [6.45, 7) is 6.03. The van der Waals surface area contributed by atoms with Crippen LogP contribution >= 0.6 is 23.2 Å². The molecule has 1 aromatic rings. The van der Waals surface area contributed by atoms with Crippen LogP contribution in [0.5, 0.6) is 5.75 Å². The van der Waals surface area contributed by atoms with Crippen molar-refractivity contribution in [3.63, 3.8) is 0 Å². The Kier molecular flexibility index (Phi) is 3.63.